The van der Waals surface area contributed by atoms with Crippen LogP contribution in [0.15, 0.2) is 30.3 Å². The maximum Gasteiger partial charge on any atom is 1.00 e. The van der Waals surface area contributed by atoms with E-state index in [1.54, 1.807) is 0 Å². The van der Waals surface area contributed by atoms with Gasteiger partial charge < -0.3 is 12.2 Å². The smallest absolute Gasteiger partial charge is 0.366 e. The molecule has 2 N–H and O–H groups in total. The zero-order chi connectivity index (χ0) is 12.8. The van der Waals surface area contributed by atoms with E-state index >= 15 is 0 Å². The SMILES string of the molecule is CCCCCCCCN.[Au+].[C-]#Cc1ccccc1. The summed E-state index contributed by atoms with van der Waals surface area (Å²) < 4.78 is 0. The van der Waals surface area contributed by atoms with E-state index in [4.69, 9.17) is 12.2 Å². The van der Waals surface area contributed by atoms with Gasteiger partial charge in [-0.05, 0) is 13.0 Å². The van der Waals surface area contributed by atoms with E-state index in [9.17, 15) is 0 Å². The molecule has 0 aliphatic heterocycles. The summed E-state index contributed by atoms with van der Waals surface area (Å²) in [6.45, 7) is 3.11. The molecule has 0 radical (unpaired) electrons. The predicted octanol–water partition coefficient (Wildman–Crippen LogP) is 3.93. The van der Waals surface area contributed by atoms with Crippen LogP contribution < -0.4 is 5.73 Å². The molecule has 0 amide bonds. The Hall–Kier alpha value is -0.520. The Labute approximate surface area is 128 Å². The van der Waals surface area contributed by atoms with E-state index in [1.807, 2.05) is 30.3 Å². The molecule has 0 spiro atoms. The Kier molecular flexibility index (Phi) is 18.1. The monoisotopic (exact) mass is 427 g/mol. The molecule has 1 aromatic carbocycles. The average Bonchev–Trinajstić information content (AvgIpc) is 2.40. The van der Waals surface area contributed by atoms with Crippen LogP contribution in [-0.2, 0) is 22.4 Å². The van der Waals surface area contributed by atoms with E-state index in [0.717, 1.165) is 12.1 Å². The Balaban J connectivity index is 0. The molecule has 0 saturated heterocycles. The van der Waals surface area contributed by atoms with Crippen LogP contribution in [0.2, 0.25) is 0 Å². The van der Waals surface area contributed by atoms with Crippen molar-refractivity contribution in [1.82, 2.24) is 0 Å². The summed E-state index contributed by atoms with van der Waals surface area (Å²) in [5.41, 5.74) is 6.17. The van der Waals surface area contributed by atoms with E-state index in [-0.39, 0.29) is 22.4 Å². The van der Waals surface area contributed by atoms with Crippen LogP contribution in [0.25, 0.3) is 0 Å². The van der Waals surface area contributed by atoms with E-state index < -0.39 is 0 Å². The molecule has 0 aliphatic rings. The second-order valence-corrected chi connectivity index (χ2v) is 4.05. The van der Waals surface area contributed by atoms with Crippen LogP contribution in [0.5, 0.6) is 0 Å². The Morgan fingerprint density at radius 3 is 2.00 bits per heavy atom. The summed E-state index contributed by atoms with van der Waals surface area (Å²) in [6.07, 6.45) is 14.7. The van der Waals surface area contributed by atoms with E-state index in [2.05, 4.69) is 12.8 Å². The molecule has 104 valence electrons. The number of unbranched alkanes of at least 4 members (excludes halogenated alkanes) is 5. The third-order valence-corrected chi connectivity index (χ3v) is 2.48. The first-order valence-electron chi connectivity index (χ1n) is 6.53. The normalized spacial score (nSPS) is 8.50. The zero-order valence-corrected chi connectivity index (χ0v) is 13.4. The summed E-state index contributed by atoms with van der Waals surface area (Å²) in [6, 6.07) is 9.37. The second-order valence-electron chi connectivity index (χ2n) is 4.05. The molecular weight excluding hydrogens is 403 g/mol. The third kappa shape index (κ3) is 13.5. The van der Waals surface area contributed by atoms with Crippen LogP contribution in [0, 0.1) is 12.3 Å². The number of rotatable bonds is 6. The van der Waals surface area contributed by atoms with Gasteiger partial charge in [0.2, 0.25) is 0 Å². The first kappa shape index (κ1) is 19.8. The van der Waals surface area contributed by atoms with Gasteiger partial charge in [-0.15, -0.1) is 17.7 Å². The molecule has 1 aromatic rings. The fourth-order valence-electron chi connectivity index (χ4n) is 1.45. The molecule has 0 fully saturated rings. The van der Waals surface area contributed by atoms with Gasteiger partial charge >= 0.3 is 22.4 Å². The molecule has 1 nitrogen and oxygen atoms in total. The minimum atomic E-state index is 0. The topological polar surface area (TPSA) is 26.0 Å². The first-order valence-corrected chi connectivity index (χ1v) is 6.53. The zero-order valence-electron chi connectivity index (χ0n) is 11.2. The van der Waals surface area contributed by atoms with Crippen LogP contribution in [-0.4, -0.2) is 6.54 Å². The molecule has 0 aromatic heterocycles. The van der Waals surface area contributed by atoms with Crippen molar-refractivity contribution in [3.8, 4) is 5.92 Å². The minimum Gasteiger partial charge on any atom is -0.366 e. The van der Waals surface area contributed by atoms with Crippen molar-refractivity contribution in [2.24, 2.45) is 5.73 Å². The largest absolute Gasteiger partial charge is 1.00 e. The van der Waals surface area contributed by atoms with Gasteiger partial charge in [0.05, 0.1) is 0 Å². The molecule has 0 heterocycles. The molecule has 2 heteroatoms. The van der Waals surface area contributed by atoms with Crippen molar-refractivity contribution in [3.63, 3.8) is 0 Å². The Bertz CT molecular complexity index is 284. The van der Waals surface area contributed by atoms with Crippen molar-refractivity contribution >= 4 is 0 Å². The van der Waals surface area contributed by atoms with Crippen molar-refractivity contribution in [2.75, 3.05) is 6.54 Å². The van der Waals surface area contributed by atoms with E-state index in [0.29, 0.717) is 0 Å². The van der Waals surface area contributed by atoms with Gasteiger partial charge in [0.1, 0.15) is 0 Å². The minimum absolute atomic E-state index is 0. The first-order chi connectivity index (χ1) is 8.35. The van der Waals surface area contributed by atoms with Crippen molar-refractivity contribution < 1.29 is 22.4 Å². The molecule has 1 rings (SSSR count). The molecule has 18 heavy (non-hydrogen) atoms. The van der Waals surface area contributed by atoms with Gasteiger partial charge in [-0.1, -0.05) is 57.2 Å². The summed E-state index contributed by atoms with van der Waals surface area (Å²) >= 11 is 0. The van der Waals surface area contributed by atoms with Gasteiger partial charge in [0.15, 0.2) is 0 Å². The molecule has 0 atom stereocenters. The quantitative estimate of drug-likeness (QED) is 0.317. The molecule has 0 unspecified atom stereocenters. The molecular formula is C16H24AuN. The van der Waals surface area contributed by atoms with E-state index in [1.165, 1.54) is 38.5 Å². The number of nitrogens with two attached hydrogens (primary N) is 1. The maximum atomic E-state index is 6.69. The van der Waals surface area contributed by atoms with Crippen LogP contribution in [0.3, 0.4) is 0 Å². The van der Waals surface area contributed by atoms with Gasteiger partial charge in [-0.3, -0.25) is 5.92 Å². The molecule has 0 bridgehead atoms. The number of hydrogen-bond donors (Lipinski definition) is 1. The van der Waals surface area contributed by atoms with Gasteiger partial charge in [-0.25, -0.2) is 0 Å². The predicted molar refractivity (Wildman–Crippen MR) is 75.1 cm³/mol. The van der Waals surface area contributed by atoms with Crippen LogP contribution in [0.1, 0.15) is 51.0 Å². The standard InChI is InChI=1S/C8H19N.C8H5.Au/c1-2-3-4-5-6-7-8-9;1-2-8-6-4-3-5-7-8;/h2-9H2,1H3;3-7H;/q;-1;+1. The number of benzene rings is 1. The fourth-order valence-corrected chi connectivity index (χ4v) is 1.45. The second kappa shape index (κ2) is 16.5. The van der Waals surface area contributed by atoms with Crippen molar-refractivity contribution in [1.29, 1.82) is 0 Å². The maximum absolute atomic E-state index is 6.69. The van der Waals surface area contributed by atoms with Crippen molar-refractivity contribution in [3.05, 3.63) is 42.3 Å². The fraction of sp³-hybridized carbons (Fsp3) is 0.500. The average molecular weight is 427 g/mol. The third-order valence-electron chi connectivity index (χ3n) is 2.48. The molecule has 0 saturated carbocycles. The summed E-state index contributed by atoms with van der Waals surface area (Å²) in [5, 5.41) is 0. The van der Waals surface area contributed by atoms with Crippen molar-refractivity contribution in [2.45, 2.75) is 45.4 Å². The van der Waals surface area contributed by atoms with Gasteiger partial charge in [0, 0.05) is 0 Å². The Morgan fingerprint density at radius 2 is 1.56 bits per heavy atom. The summed E-state index contributed by atoms with van der Waals surface area (Å²) in [5.74, 6) is 2.28. The summed E-state index contributed by atoms with van der Waals surface area (Å²) in [7, 11) is 0. The summed E-state index contributed by atoms with van der Waals surface area (Å²) in [4.78, 5) is 0. The molecule has 0 aliphatic carbocycles. The van der Waals surface area contributed by atoms with Gasteiger partial charge in [0.25, 0.3) is 0 Å². The number of hydrogen-bond acceptors (Lipinski definition) is 1. The Morgan fingerprint density at radius 1 is 1.00 bits per heavy atom. The van der Waals surface area contributed by atoms with Crippen LogP contribution >= 0.6 is 0 Å². The van der Waals surface area contributed by atoms with Crippen LogP contribution in [0.4, 0.5) is 0 Å². The van der Waals surface area contributed by atoms with Gasteiger partial charge in [-0.2, -0.15) is 0 Å².